The molecule has 0 bridgehead atoms. The maximum absolute atomic E-state index is 10.8. The molecule has 0 aliphatic heterocycles. The predicted molar refractivity (Wildman–Crippen MR) is 40.4 cm³/mol. The summed E-state index contributed by atoms with van der Waals surface area (Å²) in [6, 6.07) is 0. The highest BCUT2D eigenvalue weighted by atomic mass is 16.1. The molecule has 0 spiro atoms. The van der Waals surface area contributed by atoms with Crippen molar-refractivity contribution in [1.82, 2.24) is 0 Å². The van der Waals surface area contributed by atoms with Gasteiger partial charge in [-0.3, -0.25) is 4.79 Å². The Morgan fingerprint density at radius 2 is 2.50 bits per heavy atom. The maximum atomic E-state index is 10.8. The van der Waals surface area contributed by atoms with Crippen molar-refractivity contribution in [1.29, 1.82) is 0 Å². The molecule has 1 unspecified atom stereocenters. The van der Waals surface area contributed by atoms with Crippen LogP contribution in [-0.4, -0.2) is 5.78 Å². The molecule has 1 saturated carbocycles. The van der Waals surface area contributed by atoms with E-state index < -0.39 is 0 Å². The van der Waals surface area contributed by atoms with Crippen LogP contribution < -0.4 is 0 Å². The Morgan fingerprint density at radius 1 is 1.70 bits per heavy atom. The highest BCUT2D eigenvalue weighted by Gasteiger charge is 2.20. The number of rotatable bonds is 1. The molecular formula is C9H12O. The predicted octanol–water partition coefficient (Wildman–Crippen LogP) is 1.77. The van der Waals surface area contributed by atoms with Crippen molar-refractivity contribution >= 4 is 5.78 Å². The van der Waals surface area contributed by atoms with E-state index in [0.717, 1.165) is 25.7 Å². The molecule has 1 aliphatic rings. The van der Waals surface area contributed by atoms with Gasteiger partial charge in [0.05, 0.1) is 0 Å². The summed E-state index contributed by atoms with van der Waals surface area (Å²) in [5.74, 6) is 6.85. The van der Waals surface area contributed by atoms with Crippen LogP contribution in [0.1, 0.15) is 32.6 Å². The molecule has 0 aromatic carbocycles. The zero-order valence-corrected chi connectivity index (χ0v) is 6.31. The second kappa shape index (κ2) is 3.41. The number of hydrogen-bond donors (Lipinski definition) is 0. The summed E-state index contributed by atoms with van der Waals surface area (Å²) in [5, 5.41) is 0. The summed E-state index contributed by atoms with van der Waals surface area (Å²) in [7, 11) is 0. The van der Waals surface area contributed by atoms with Crippen molar-refractivity contribution in [3.8, 4) is 11.8 Å². The number of ketones is 1. The van der Waals surface area contributed by atoms with Gasteiger partial charge in [-0.15, -0.1) is 11.8 Å². The third-order valence-electron chi connectivity index (χ3n) is 1.92. The largest absolute Gasteiger partial charge is 0.300 e. The average molecular weight is 136 g/mol. The zero-order valence-electron chi connectivity index (χ0n) is 6.31. The number of hydrogen-bond acceptors (Lipinski definition) is 1. The van der Waals surface area contributed by atoms with Crippen LogP contribution in [0.3, 0.4) is 0 Å². The quantitative estimate of drug-likeness (QED) is 0.502. The van der Waals surface area contributed by atoms with Gasteiger partial charge in [-0.05, 0) is 19.3 Å². The first-order valence-electron chi connectivity index (χ1n) is 3.74. The Balaban J connectivity index is 2.29. The van der Waals surface area contributed by atoms with Crippen molar-refractivity contribution in [3.63, 3.8) is 0 Å². The standard InChI is InChI=1S/C9H12O/c1-2-3-4-8-5-6-9(10)7-8/h8H,4-7H2,1H3. The molecule has 1 aliphatic carbocycles. The highest BCUT2D eigenvalue weighted by Crippen LogP contribution is 2.24. The summed E-state index contributed by atoms with van der Waals surface area (Å²) < 4.78 is 0. The van der Waals surface area contributed by atoms with E-state index in [1.54, 1.807) is 0 Å². The van der Waals surface area contributed by atoms with Gasteiger partial charge in [0.25, 0.3) is 0 Å². The molecule has 1 fully saturated rings. The summed E-state index contributed by atoms with van der Waals surface area (Å²) in [6.45, 7) is 1.84. The van der Waals surface area contributed by atoms with Crippen molar-refractivity contribution in [2.45, 2.75) is 32.6 Å². The van der Waals surface area contributed by atoms with Crippen molar-refractivity contribution in [2.75, 3.05) is 0 Å². The van der Waals surface area contributed by atoms with E-state index in [9.17, 15) is 4.79 Å². The summed E-state index contributed by atoms with van der Waals surface area (Å²) in [4.78, 5) is 10.8. The monoisotopic (exact) mass is 136 g/mol. The Kier molecular flexibility index (Phi) is 2.50. The molecule has 10 heavy (non-hydrogen) atoms. The summed E-state index contributed by atoms with van der Waals surface area (Å²) >= 11 is 0. The van der Waals surface area contributed by atoms with Crippen LogP contribution in [0.5, 0.6) is 0 Å². The van der Waals surface area contributed by atoms with Crippen molar-refractivity contribution in [2.24, 2.45) is 5.92 Å². The lowest BCUT2D eigenvalue weighted by molar-refractivity contribution is -0.117. The minimum atomic E-state index is 0.419. The van der Waals surface area contributed by atoms with Crippen LogP contribution >= 0.6 is 0 Å². The van der Waals surface area contributed by atoms with E-state index in [-0.39, 0.29) is 0 Å². The van der Waals surface area contributed by atoms with Gasteiger partial charge in [-0.2, -0.15) is 0 Å². The van der Waals surface area contributed by atoms with Crippen molar-refractivity contribution < 1.29 is 4.79 Å². The molecular weight excluding hydrogens is 124 g/mol. The van der Waals surface area contributed by atoms with E-state index in [1.165, 1.54) is 0 Å². The SMILES string of the molecule is CC#CCC1CCC(=O)C1. The van der Waals surface area contributed by atoms with E-state index in [0.29, 0.717) is 11.7 Å². The molecule has 1 rings (SSSR count). The van der Waals surface area contributed by atoms with E-state index >= 15 is 0 Å². The van der Waals surface area contributed by atoms with Crippen LogP contribution in [0, 0.1) is 17.8 Å². The minimum Gasteiger partial charge on any atom is -0.300 e. The fourth-order valence-corrected chi connectivity index (χ4v) is 1.31. The number of carbonyl (C=O) groups is 1. The molecule has 1 heteroatoms. The Hall–Kier alpha value is -0.770. The van der Waals surface area contributed by atoms with Crippen LogP contribution in [-0.2, 0) is 4.79 Å². The second-order valence-electron chi connectivity index (χ2n) is 2.78. The van der Waals surface area contributed by atoms with Gasteiger partial charge in [0.2, 0.25) is 0 Å². The lowest BCUT2D eigenvalue weighted by Gasteiger charge is -1.98. The molecule has 0 N–H and O–H groups in total. The second-order valence-corrected chi connectivity index (χ2v) is 2.78. The van der Waals surface area contributed by atoms with Gasteiger partial charge >= 0.3 is 0 Å². The lowest BCUT2D eigenvalue weighted by atomic mass is 10.1. The van der Waals surface area contributed by atoms with Crippen molar-refractivity contribution in [3.05, 3.63) is 0 Å². The lowest BCUT2D eigenvalue weighted by Crippen LogP contribution is -1.92. The third-order valence-corrected chi connectivity index (χ3v) is 1.92. The van der Waals surface area contributed by atoms with Gasteiger partial charge in [0.1, 0.15) is 5.78 Å². The van der Waals surface area contributed by atoms with Crippen LogP contribution in [0.15, 0.2) is 0 Å². The number of Topliss-reactive ketones (excluding diaryl/α,β-unsaturated/α-hetero) is 1. The molecule has 0 radical (unpaired) electrons. The molecule has 0 amide bonds. The summed E-state index contributed by atoms with van der Waals surface area (Å²) in [6.07, 6.45) is 3.54. The maximum Gasteiger partial charge on any atom is 0.133 e. The highest BCUT2D eigenvalue weighted by molar-refractivity contribution is 5.80. The fourth-order valence-electron chi connectivity index (χ4n) is 1.31. The Labute approximate surface area is 61.8 Å². The molecule has 0 heterocycles. The smallest absolute Gasteiger partial charge is 0.133 e. The molecule has 54 valence electrons. The van der Waals surface area contributed by atoms with Gasteiger partial charge in [-0.1, -0.05) is 0 Å². The van der Waals surface area contributed by atoms with E-state index in [1.807, 2.05) is 6.92 Å². The zero-order chi connectivity index (χ0) is 7.40. The average Bonchev–Trinajstić information content (AvgIpc) is 2.31. The van der Waals surface area contributed by atoms with E-state index in [2.05, 4.69) is 11.8 Å². The first-order chi connectivity index (χ1) is 4.83. The normalized spacial score (nSPS) is 24.1. The molecule has 0 aromatic rings. The molecule has 0 saturated heterocycles. The Morgan fingerprint density at radius 3 is 3.00 bits per heavy atom. The fraction of sp³-hybridized carbons (Fsp3) is 0.667. The van der Waals surface area contributed by atoms with Crippen LogP contribution in [0.4, 0.5) is 0 Å². The third kappa shape index (κ3) is 1.88. The minimum absolute atomic E-state index is 0.419. The van der Waals surface area contributed by atoms with Crippen LogP contribution in [0.2, 0.25) is 0 Å². The van der Waals surface area contributed by atoms with Gasteiger partial charge in [0.15, 0.2) is 0 Å². The molecule has 0 aromatic heterocycles. The van der Waals surface area contributed by atoms with Gasteiger partial charge in [-0.25, -0.2) is 0 Å². The van der Waals surface area contributed by atoms with Gasteiger partial charge in [0, 0.05) is 19.3 Å². The number of carbonyl (C=O) groups excluding carboxylic acids is 1. The Bertz CT molecular complexity index is 183. The van der Waals surface area contributed by atoms with Gasteiger partial charge < -0.3 is 0 Å². The van der Waals surface area contributed by atoms with Crippen LogP contribution in [0.25, 0.3) is 0 Å². The topological polar surface area (TPSA) is 17.1 Å². The molecule has 1 nitrogen and oxygen atoms in total. The summed E-state index contributed by atoms with van der Waals surface area (Å²) in [5.41, 5.74) is 0. The van der Waals surface area contributed by atoms with E-state index in [4.69, 9.17) is 0 Å². The molecule has 1 atom stereocenters. The first kappa shape index (κ1) is 7.34. The first-order valence-corrected chi connectivity index (χ1v) is 3.74.